The summed E-state index contributed by atoms with van der Waals surface area (Å²) in [6, 6.07) is 4.79. The number of rotatable bonds is 1. The molecule has 0 radical (unpaired) electrons. The zero-order valence-corrected chi connectivity index (χ0v) is 8.89. The normalized spacial score (nSPS) is 12.4. The van der Waals surface area contributed by atoms with Crippen LogP contribution in [0.2, 0.25) is 0 Å². The summed E-state index contributed by atoms with van der Waals surface area (Å²) in [6.07, 6.45) is -4.56. The number of benzene rings is 1. The van der Waals surface area contributed by atoms with Gasteiger partial charge in [-0.2, -0.15) is 18.4 Å². The summed E-state index contributed by atoms with van der Waals surface area (Å²) in [7, 11) is 1.29. The van der Waals surface area contributed by atoms with Gasteiger partial charge in [0.2, 0.25) is 0 Å². The number of nitriles is 1. The number of halogens is 4. The van der Waals surface area contributed by atoms with Crippen LogP contribution < -0.4 is 0 Å². The molecule has 2 nitrogen and oxygen atoms in total. The molecule has 1 rings (SSSR count). The lowest BCUT2D eigenvalue weighted by Gasteiger charge is -2.11. The molecule has 1 aromatic carbocycles. The summed E-state index contributed by atoms with van der Waals surface area (Å²) >= 11 is 5.56. The monoisotopic (exact) mass is 246 g/mol. The van der Waals surface area contributed by atoms with Crippen LogP contribution in [0.25, 0.3) is 0 Å². The van der Waals surface area contributed by atoms with Crippen LogP contribution in [0.5, 0.6) is 0 Å². The van der Waals surface area contributed by atoms with Crippen molar-refractivity contribution in [2.75, 3.05) is 7.05 Å². The highest BCUT2D eigenvalue weighted by atomic mass is 35.5. The standard InChI is InChI=1S/C10H6ClF3N2/c1-16-9(11)7-3-2-6(5-15)4-8(7)10(12,13)14/h2-4H,1H3/b16-9+. The molecule has 0 aliphatic heterocycles. The van der Waals surface area contributed by atoms with E-state index < -0.39 is 11.7 Å². The summed E-state index contributed by atoms with van der Waals surface area (Å²) in [5, 5.41) is 8.29. The molecule has 0 spiro atoms. The molecular weight excluding hydrogens is 241 g/mol. The SMILES string of the molecule is C/N=C(/Cl)c1ccc(C#N)cc1C(F)(F)F. The van der Waals surface area contributed by atoms with Gasteiger partial charge in [0.15, 0.2) is 0 Å². The van der Waals surface area contributed by atoms with Crippen molar-refractivity contribution in [3.63, 3.8) is 0 Å². The van der Waals surface area contributed by atoms with Gasteiger partial charge in [-0.1, -0.05) is 11.6 Å². The first-order valence-electron chi connectivity index (χ1n) is 4.14. The van der Waals surface area contributed by atoms with Crippen molar-refractivity contribution < 1.29 is 13.2 Å². The molecule has 16 heavy (non-hydrogen) atoms. The Hall–Kier alpha value is -1.54. The number of alkyl halides is 3. The first kappa shape index (κ1) is 12.5. The van der Waals surface area contributed by atoms with E-state index in [4.69, 9.17) is 16.9 Å². The topological polar surface area (TPSA) is 36.1 Å². The third kappa shape index (κ3) is 2.52. The van der Waals surface area contributed by atoms with E-state index in [1.807, 2.05) is 0 Å². The first-order valence-corrected chi connectivity index (χ1v) is 4.52. The molecule has 0 aliphatic carbocycles. The van der Waals surface area contributed by atoms with E-state index in [0.717, 1.165) is 12.1 Å². The van der Waals surface area contributed by atoms with Gasteiger partial charge in [0, 0.05) is 12.6 Å². The Bertz CT molecular complexity index is 472. The largest absolute Gasteiger partial charge is 0.417 e. The van der Waals surface area contributed by atoms with Gasteiger partial charge >= 0.3 is 6.18 Å². The van der Waals surface area contributed by atoms with Crippen molar-refractivity contribution >= 4 is 16.8 Å². The van der Waals surface area contributed by atoms with Crippen LogP contribution in [-0.2, 0) is 6.18 Å². The van der Waals surface area contributed by atoms with E-state index in [-0.39, 0.29) is 16.3 Å². The van der Waals surface area contributed by atoms with Crippen molar-refractivity contribution in [1.29, 1.82) is 5.26 Å². The third-order valence-electron chi connectivity index (χ3n) is 1.87. The average molecular weight is 247 g/mol. The fourth-order valence-corrected chi connectivity index (χ4v) is 1.31. The van der Waals surface area contributed by atoms with Crippen molar-refractivity contribution in [2.45, 2.75) is 6.18 Å². The minimum atomic E-state index is -4.56. The lowest BCUT2D eigenvalue weighted by Crippen LogP contribution is -2.11. The zero-order valence-electron chi connectivity index (χ0n) is 8.14. The molecular formula is C10H6ClF3N2. The molecule has 84 valence electrons. The maximum Gasteiger partial charge on any atom is 0.417 e. The second-order valence-electron chi connectivity index (χ2n) is 2.88. The van der Waals surface area contributed by atoms with E-state index in [1.54, 1.807) is 6.07 Å². The van der Waals surface area contributed by atoms with Gasteiger partial charge in [-0.3, -0.25) is 4.99 Å². The van der Waals surface area contributed by atoms with E-state index in [0.29, 0.717) is 0 Å². The maximum atomic E-state index is 12.6. The number of hydrogen-bond acceptors (Lipinski definition) is 2. The van der Waals surface area contributed by atoms with Crippen LogP contribution in [0.3, 0.4) is 0 Å². The Balaban J connectivity index is 3.47. The van der Waals surface area contributed by atoms with Crippen molar-refractivity contribution in [3.05, 3.63) is 34.9 Å². The van der Waals surface area contributed by atoms with E-state index in [9.17, 15) is 13.2 Å². The molecule has 6 heteroatoms. The Morgan fingerprint density at radius 2 is 2.06 bits per heavy atom. The van der Waals surface area contributed by atoms with Gasteiger partial charge in [0.05, 0.1) is 17.2 Å². The summed E-state index contributed by atoms with van der Waals surface area (Å²) in [4.78, 5) is 3.49. The molecule has 0 heterocycles. The van der Waals surface area contributed by atoms with Gasteiger partial charge < -0.3 is 0 Å². The molecule has 0 fully saturated rings. The third-order valence-corrected chi connectivity index (χ3v) is 2.25. The molecule has 0 aromatic heterocycles. The van der Waals surface area contributed by atoms with Crippen molar-refractivity contribution in [1.82, 2.24) is 0 Å². The Morgan fingerprint density at radius 1 is 1.44 bits per heavy atom. The number of aliphatic imine (C=N–C) groups is 1. The zero-order chi connectivity index (χ0) is 12.3. The minimum Gasteiger partial charge on any atom is -0.276 e. The van der Waals surface area contributed by atoms with E-state index in [1.165, 1.54) is 13.1 Å². The van der Waals surface area contributed by atoms with Crippen LogP contribution in [-0.4, -0.2) is 12.2 Å². The minimum absolute atomic E-state index is 0.0726. The predicted molar refractivity (Wildman–Crippen MR) is 54.5 cm³/mol. The van der Waals surface area contributed by atoms with Crippen molar-refractivity contribution in [3.8, 4) is 6.07 Å². The summed E-state index contributed by atoms with van der Waals surface area (Å²) < 4.78 is 37.9. The quantitative estimate of drug-likeness (QED) is 0.701. The van der Waals surface area contributed by atoms with E-state index in [2.05, 4.69) is 4.99 Å². The second kappa shape index (κ2) is 4.54. The van der Waals surface area contributed by atoms with E-state index >= 15 is 0 Å². The molecule has 0 bridgehead atoms. The second-order valence-corrected chi connectivity index (χ2v) is 3.24. The van der Waals surface area contributed by atoms with Gasteiger partial charge in [-0.15, -0.1) is 0 Å². The lowest BCUT2D eigenvalue weighted by atomic mass is 10.0. The summed E-state index contributed by atoms with van der Waals surface area (Å²) in [5.74, 6) is 0. The van der Waals surface area contributed by atoms with Crippen LogP contribution in [0.4, 0.5) is 13.2 Å². The molecule has 0 atom stereocenters. The fourth-order valence-electron chi connectivity index (χ4n) is 1.15. The molecule has 0 saturated carbocycles. The Labute approximate surface area is 95.0 Å². The fraction of sp³-hybridized carbons (Fsp3) is 0.200. The first-order chi connectivity index (χ1) is 7.40. The summed E-state index contributed by atoms with van der Waals surface area (Å²) in [5.41, 5.74) is -1.26. The Morgan fingerprint density at radius 3 is 2.50 bits per heavy atom. The van der Waals surface area contributed by atoms with Gasteiger partial charge in [-0.05, 0) is 18.2 Å². The molecule has 1 aromatic rings. The van der Waals surface area contributed by atoms with Crippen LogP contribution in [0.15, 0.2) is 23.2 Å². The average Bonchev–Trinajstić information content (AvgIpc) is 2.26. The Kier molecular flexibility index (Phi) is 3.55. The smallest absolute Gasteiger partial charge is 0.276 e. The van der Waals surface area contributed by atoms with Crippen molar-refractivity contribution in [2.24, 2.45) is 4.99 Å². The van der Waals surface area contributed by atoms with Crippen LogP contribution in [0, 0.1) is 11.3 Å². The molecule has 0 amide bonds. The highest BCUT2D eigenvalue weighted by molar-refractivity contribution is 6.69. The van der Waals surface area contributed by atoms with Gasteiger partial charge in [0.25, 0.3) is 0 Å². The highest BCUT2D eigenvalue weighted by Crippen LogP contribution is 2.33. The predicted octanol–water partition coefficient (Wildman–Crippen LogP) is 3.19. The molecule has 0 saturated heterocycles. The number of nitrogens with zero attached hydrogens (tertiary/aromatic N) is 2. The van der Waals surface area contributed by atoms with Gasteiger partial charge in [-0.25, -0.2) is 0 Å². The summed E-state index contributed by atoms with van der Waals surface area (Å²) in [6.45, 7) is 0. The van der Waals surface area contributed by atoms with Crippen LogP contribution >= 0.6 is 11.6 Å². The molecule has 0 unspecified atom stereocenters. The van der Waals surface area contributed by atoms with Crippen LogP contribution in [0.1, 0.15) is 16.7 Å². The molecule has 0 aliphatic rings. The highest BCUT2D eigenvalue weighted by Gasteiger charge is 2.34. The van der Waals surface area contributed by atoms with Gasteiger partial charge in [0.1, 0.15) is 5.17 Å². The lowest BCUT2D eigenvalue weighted by molar-refractivity contribution is -0.137. The molecule has 0 N–H and O–H groups in total. The maximum absolute atomic E-state index is 12.6. The number of hydrogen-bond donors (Lipinski definition) is 0.